The van der Waals surface area contributed by atoms with Gasteiger partial charge in [0.05, 0.1) is 6.34 Å². The monoisotopic (exact) mass is 168 g/mol. The molecule has 0 aliphatic rings. The van der Waals surface area contributed by atoms with E-state index >= 15 is 0 Å². The Labute approximate surface area is 73.2 Å². The molecular formula is C8H14N3O. The summed E-state index contributed by atoms with van der Waals surface area (Å²) in [7, 11) is 7.31. The third-order valence-corrected chi connectivity index (χ3v) is 0.913. The van der Waals surface area contributed by atoms with Gasteiger partial charge in [0.15, 0.2) is 0 Å². The molecule has 0 heterocycles. The Kier molecular flexibility index (Phi) is 4.76. The lowest BCUT2D eigenvalue weighted by Crippen LogP contribution is -2.09. The van der Waals surface area contributed by atoms with Gasteiger partial charge >= 0.3 is 0 Å². The smallest absolute Gasteiger partial charge is 0.255 e. The SMILES string of the molecule is CN(C)C=NC([C]=O)=CN(C)C. The second kappa shape index (κ2) is 5.35. The summed E-state index contributed by atoms with van der Waals surface area (Å²) < 4.78 is 0. The van der Waals surface area contributed by atoms with Crippen LogP contribution < -0.4 is 0 Å². The maximum Gasteiger partial charge on any atom is 0.255 e. The topological polar surface area (TPSA) is 35.9 Å². The Morgan fingerprint density at radius 1 is 1.25 bits per heavy atom. The zero-order valence-corrected chi connectivity index (χ0v) is 7.90. The maximum atomic E-state index is 10.3. The van der Waals surface area contributed by atoms with Crippen LogP contribution in [-0.2, 0) is 4.79 Å². The van der Waals surface area contributed by atoms with Crippen molar-refractivity contribution >= 4 is 12.6 Å². The number of hydrogen-bond donors (Lipinski definition) is 0. The average Bonchev–Trinajstić information content (AvgIpc) is 1.97. The molecule has 0 fully saturated rings. The van der Waals surface area contributed by atoms with Gasteiger partial charge in [-0.25, -0.2) is 4.99 Å². The molecule has 12 heavy (non-hydrogen) atoms. The normalized spacial score (nSPS) is 11.8. The van der Waals surface area contributed by atoms with Gasteiger partial charge in [-0.1, -0.05) is 0 Å². The molecule has 1 radical (unpaired) electrons. The van der Waals surface area contributed by atoms with Crippen LogP contribution in [0.2, 0.25) is 0 Å². The molecule has 0 rings (SSSR count). The standard InChI is InChI=1S/C8H14N3O/c1-10(2)5-8(6-12)9-7-11(3)4/h5,7H,1-4H3. The molecule has 0 bridgehead atoms. The lowest BCUT2D eigenvalue weighted by atomic mass is 10.5. The van der Waals surface area contributed by atoms with Crippen LogP contribution in [0, 0.1) is 0 Å². The molecular weight excluding hydrogens is 154 g/mol. The van der Waals surface area contributed by atoms with Crippen LogP contribution >= 0.6 is 0 Å². The first-order chi connectivity index (χ1) is 5.56. The van der Waals surface area contributed by atoms with E-state index in [1.807, 2.05) is 28.2 Å². The van der Waals surface area contributed by atoms with Gasteiger partial charge in [-0.2, -0.15) is 0 Å². The molecule has 0 N–H and O–H groups in total. The predicted octanol–water partition coefficient (Wildman–Crippen LogP) is 0.0890. The molecule has 0 aliphatic carbocycles. The first-order valence-electron chi connectivity index (χ1n) is 3.53. The zero-order valence-electron chi connectivity index (χ0n) is 7.90. The van der Waals surface area contributed by atoms with Crippen LogP contribution in [0.25, 0.3) is 0 Å². The zero-order chi connectivity index (χ0) is 9.56. The van der Waals surface area contributed by atoms with Crippen LogP contribution in [0.4, 0.5) is 0 Å². The minimum Gasteiger partial charge on any atom is -0.382 e. The summed E-state index contributed by atoms with van der Waals surface area (Å²) in [4.78, 5) is 17.7. The van der Waals surface area contributed by atoms with Crippen molar-refractivity contribution in [2.24, 2.45) is 4.99 Å². The van der Waals surface area contributed by atoms with E-state index in [0.29, 0.717) is 0 Å². The number of rotatable bonds is 4. The number of hydrogen-bond acceptors (Lipinski definition) is 3. The fraction of sp³-hybridized carbons (Fsp3) is 0.500. The minimum absolute atomic E-state index is 0.286. The van der Waals surface area contributed by atoms with Gasteiger partial charge in [-0.05, 0) is 0 Å². The molecule has 0 saturated carbocycles. The molecule has 4 nitrogen and oxygen atoms in total. The summed E-state index contributed by atoms with van der Waals surface area (Å²) in [6.45, 7) is 0. The quantitative estimate of drug-likeness (QED) is 0.339. The van der Waals surface area contributed by atoms with Gasteiger partial charge < -0.3 is 9.80 Å². The van der Waals surface area contributed by atoms with Crippen molar-refractivity contribution in [3.63, 3.8) is 0 Å². The Balaban J connectivity index is 4.27. The molecule has 0 unspecified atom stereocenters. The summed E-state index contributed by atoms with van der Waals surface area (Å²) >= 11 is 0. The summed E-state index contributed by atoms with van der Waals surface area (Å²) in [6.07, 6.45) is 4.89. The van der Waals surface area contributed by atoms with E-state index in [9.17, 15) is 4.79 Å². The van der Waals surface area contributed by atoms with Crippen molar-refractivity contribution in [2.45, 2.75) is 0 Å². The molecule has 0 aliphatic heterocycles. The Hall–Kier alpha value is -1.32. The molecule has 0 amide bonds. The molecule has 0 atom stereocenters. The second-order valence-electron chi connectivity index (χ2n) is 2.79. The van der Waals surface area contributed by atoms with Crippen molar-refractivity contribution in [3.8, 4) is 0 Å². The first kappa shape index (κ1) is 10.7. The summed E-state index contributed by atoms with van der Waals surface area (Å²) in [6, 6.07) is 0. The van der Waals surface area contributed by atoms with E-state index in [1.54, 1.807) is 28.6 Å². The number of allylic oxidation sites excluding steroid dienone is 1. The summed E-state index contributed by atoms with van der Waals surface area (Å²) in [5.74, 6) is 0. The average molecular weight is 168 g/mol. The van der Waals surface area contributed by atoms with Crippen LogP contribution in [-0.4, -0.2) is 50.6 Å². The maximum absolute atomic E-state index is 10.3. The van der Waals surface area contributed by atoms with Gasteiger partial charge in [-0.15, -0.1) is 0 Å². The number of aliphatic imine (C=N–C) groups is 1. The highest BCUT2D eigenvalue weighted by Gasteiger charge is 1.91. The summed E-state index contributed by atoms with van der Waals surface area (Å²) in [5, 5.41) is 0. The van der Waals surface area contributed by atoms with Crippen molar-refractivity contribution in [1.29, 1.82) is 0 Å². The Bertz CT molecular complexity index is 194. The van der Waals surface area contributed by atoms with Crippen LogP contribution in [0.5, 0.6) is 0 Å². The molecule has 0 aromatic heterocycles. The number of nitrogens with zero attached hydrogens (tertiary/aromatic N) is 3. The van der Waals surface area contributed by atoms with E-state index in [0.717, 1.165) is 0 Å². The first-order valence-corrected chi connectivity index (χ1v) is 3.53. The van der Waals surface area contributed by atoms with Crippen LogP contribution in [0.15, 0.2) is 16.9 Å². The third kappa shape index (κ3) is 5.46. The molecule has 0 saturated heterocycles. The largest absolute Gasteiger partial charge is 0.382 e. The van der Waals surface area contributed by atoms with Gasteiger partial charge in [0, 0.05) is 34.4 Å². The minimum atomic E-state index is 0.286. The van der Waals surface area contributed by atoms with Crippen LogP contribution in [0.1, 0.15) is 0 Å². The Morgan fingerprint density at radius 2 is 1.83 bits per heavy atom. The predicted molar refractivity (Wildman–Crippen MR) is 49.6 cm³/mol. The lowest BCUT2D eigenvalue weighted by molar-refractivity contribution is 0.545. The fourth-order valence-corrected chi connectivity index (χ4v) is 0.508. The highest BCUT2D eigenvalue weighted by atomic mass is 16.1. The molecule has 4 heteroatoms. The summed E-state index contributed by atoms with van der Waals surface area (Å²) in [5.41, 5.74) is 0.286. The molecule has 0 spiro atoms. The van der Waals surface area contributed by atoms with Gasteiger partial charge in [0.2, 0.25) is 0 Å². The van der Waals surface area contributed by atoms with E-state index in [-0.39, 0.29) is 5.70 Å². The van der Waals surface area contributed by atoms with Gasteiger partial charge in [-0.3, -0.25) is 4.79 Å². The molecule has 0 aromatic rings. The van der Waals surface area contributed by atoms with E-state index in [4.69, 9.17) is 0 Å². The lowest BCUT2D eigenvalue weighted by Gasteiger charge is -2.05. The molecule has 0 aromatic carbocycles. The van der Waals surface area contributed by atoms with Crippen molar-refractivity contribution in [3.05, 3.63) is 11.9 Å². The van der Waals surface area contributed by atoms with Gasteiger partial charge in [0.25, 0.3) is 6.29 Å². The van der Waals surface area contributed by atoms with E-state index in [2.05, 4.69) is 4.99 Å². The highest BCUT2D eigenvalue weighted by Crippen LogP contribution is 1.92. The fourth-order valence-electron chi connectivity index (χ4n) is 0.508. The third-order valence-electron chi connectivity index (χ3n) is 0.913. The van der Waals surface area contributed by atoms with E-state index in [1.165, 1.54) is 0 Å². The highest BCUT2D eigenvalue weighted by molar-refractivity contribution is 5.76. The van der Waals surface area contributed by atoms with Crippen LogP contribution in [0.3, 0.4) is 0 Å². The van der Waals surface area contributed by atoms with E-state index < -0.39 is 0 Å². The van der Waals surface area contributed by atoms with Crippen molar-refractivity contribution in [1.82, 2.24) is 9.80 Å². The second-order valence-corrected chi connectivity index (χ2v) is 2.79. The Morgan fingerprint density at radius 3 is 2.17 bits per heavy atom. The van der Waals surface area contributed by atoms with Crippen molar-refractivity contribution < 1.29 is 4.79 Å². The number of carbonyl (C=O) groups excluding carboxylic acids is 1. The van der Waals surface area contributed by atoms with Gasteiger partial charge in [0.1, 0.15) is 5.70 Å². The van der Waals surface area contributed by atoms with Crippen molar-refractivity contribution in [2.75, 3.05) is 28.2 Å². The molecule has 67 valence electrons.